The lowest BCUT2D eigenvalue weighted by Crippen LogP contribution is -1.90. The minimum absolute atomic E-state index is 0.395. The Hall–Kier alpha value is -1.21. The van der Waals surface area contributed by atoms with Crippen molar-refractivity contribution in [2.24, 2.45) is 0 Å². The van der Waals surface area contributed by atoms with Crippen molar-refractivity contribution in [2.45, 2.75) is 0 Å². The molecule has 0 radical (unpaired) electrons. The predicted molar refractivity (Wildman–Crippen MR) is 75.4 cm³/mol. The Morgan fingerprint density at radius 3 is 2.56 bits per heavy atom. The summed E-state index contributed by atoms with van der Waals surface area (Å²) in [7, 11) is 0. The topological polar surface area (TPSA) is 33.0 Å². The van der Waals surface area contributed by atoms with Crippen LogP contribution < -0.4 is 4.74 Å². The molecule has 0 saturated carbocycles. The largest absolute Gasteiger partial charge is 0.454 e. The maximum Gasteiger partial charge on any atom is 0.146 e. The molecule has 2 rings (SSSR count). The summed E-state index contributed by atoms with van der Waals surface area (Å²) < 4.78 is 6.30. The molecule has 0 heterocycles. The third-order valence-corrected chi connectivity index (χ3v) is 3.39. The predicted octanol–water partition coefficient (Wildman–Crippen LogP) is 5.42. The van der Waals surface area contributed by atoms with Crippen LogP contribution >= 0.6 is 39.1 Å². The van der Waals surface area contributed by atoms with Gasteiger partial charge in [0.15, 0.2) is 0 Å². The highest BCUT2D eigenvalue weighted by atomic mass is 79.9. The van der Waals surface area contributed by atoms with E-state index >= 15 is 0 Å². The third-order valence-electron chi connectivity index (χ3n) is 2.20. The smallest absolute Gasteiger partial charge is 0.146 e. The number of hydrogen-bond donors (Lipinski definition) is 0. The Morgan fingerprint density at radius 2 is 1.89 bits per heavy atom. The molecule has 18 heavy (non-hydrogen) atoms. The number of rotatable bonds is 2. The van der Waals surface area contributed by atoms with Crippen molar-refractivity contribution in [1.29, 1.82) is 5.26 Å². The van der Waals surface area contributed by atoms with E-state index in [0.29, 0.717) is 31.6 Å². The molecule has 0 N–H and O–H groups in total. The van der Waals surface area contributed by atoms with Crippen molar-refractivity contribution in [3.8, 4) is 17.6 Å². The number of ether oxygens (including phenoxy) is 1. The normalized spacial score (nSPS) is 9.89. The lowest BCUT2D eigenvalue weighted by atomic mass is 10.2. The second-order valence-electron chi connectivity index (χ2n) is 3.40. The van der Waals surface area contributed by atoms with Gasteiger partial charge in [0.05, 0.1) is 5.02 Å². The van der Waals surface area contributed by atoms with Crippen LogP contribution in [0.3, 0.4) is 0 Å². The van der Waals surface area contributed by atoms with Gasteiger partial charge in [-0.2, -0.15) is 5.26 Å². The summed E-state index contributed by atoms with van der Waals surface area (Å²) in [4.78, 5) is 0. The van der Waals surface area contributed by atoms with Gasteiger partial charge in [-0.25, -0.2) is 0 Å². The molecule has 0 saturated heterocycles. The number of nitrogens with zero attached hydrogens (tertiary/aromatic N) is 1. The lowest BCUT2D eigenvalue weighted by molar-refractivity contribution is 0.481. The summed E-state index contributed by atoms with van der Waals surface area (Å²) in [6, 6.07) is 12.2. The van der Waals surface area contributed by atoms with E-state index in [1.165, 1.54) is 0 Å². The zero-order chi connectivity index (χ0) is 13.1. The van der Waals surface area contributed by atoms with Gasteiger partial charge in [-0.05, 0) is 46.3 Å². The highest BCUT2D eigenvalue weighted by Gasteiger charge is 2.10. The van der Waals surface area contributed by atoms with E-state index in [1.54, 1.807) is 36.4 Å². The van der Waals surface area contributed by atoms with Gasteiger partial charge in [-0.15, -0.1) is 0 Å². The molecule has 2 aromatic carbocycles. The molecule has 0 unspecified atom stereocenters. The minimum atomic E-state index is 0.395. The average molecular weight is 343 g/mol. The molecule has 0 fully saturated rings. The van der Waals surface area contributed by atoms with Crippen molar-refractivity contribution in [2.75, 3.05) is 0 Å². The quantitative estimate of drug-likeness (QED) is 0.730. The molecule has 0 aliphatic carbocycles. The van der Waals surface area contributed by atoms with Crippen LogP contribution in [0.1, 0.15) is 5.56 Å². The van der Waals surface area contributed by atoms with E-state index in [0.717, 1.165) is 0 Å². The van der Waals surface area contributed by atoms with Gasteiger partial charge < -0.3 is 4.74 Å². The van der Waals surface area contributed by atoms with Crippen LogP contribution in [-0.2, 0) is 0 Å². The van der Waals surface area contributed by atoms with Crippen LogP contribution in [0, 0.1) is 11.3 Å². The maximum absolute atomic E-state index is 9.08. The Morgan fingerprint density at radius 1 is 1.11 bits per heavy atom. The molecule has 0 aliphatic heterocycles. The first-order chi connectivity index (χ1) is 8.61. The molecule has 0 bridgehead atoms. The van der Waals surface area contributed by atoms with Crippen LogP contribution in [0.15, 0.2) is 40.9 Å². The van der Waals surface area contributed by atoms with Crippen LogP contribution in [0.2, 0.25) is 10.0 Å². The van der Waals surface area contributed by atoms with Crippen molar-refractivity contribution >= 4 is 39.1 Å². The molecular formula is C13H6BrCl2NO. The fourth-order valence-electron chi connectivity index (χ4n) is 1.37. The number of benzene rings is 2. The molecule has 90 valence electrons. The SMILES string of the molecule is N#Cc1c(Br)cccc1Oc1ccc(Cl)cc1Cl. The van der Waals surface area contributed by atoms with Crippen LogP contribution in [0.4, 0.5) is 0 Å². The summed E-state index contributed by atoms with van der Waals surface area (Å²) in [6.07, 6.45) is 0. The monoisotopic (exact) mass is 341 g/mol. The summed E-state index contributed by atoms with van der Waals surface area (Å²) in [6.45, 7) is 0. The molecule has 0 aliphatic rings. The van der Waals surface area contributed by atoms with E-state index in [4.69, 9.17) is 33.2 Å². The highest BCUT2D eigenvalue weighted by Crippen LogP contribution is 2.34. The third kappa shape index (κ3) is 2.78. The average Bonchev–Trinajstić information content (AvgIpc) is 2.33. The van der Waals surface area contributed by atoms with E-state index in [1.807, 2.05) is 0 Å². The maximum atomic E-state index is 9.08. The molecule has 0 spiro atoms. The molecule has 5 heteroatoms. The number of hydrogen-bond acceptors (Lipinski definition) is 2. The summed E-state index contributed by atoms with van der Waals surface area (Å²) >= 11 is 15.1. The summed E-state index contributed by atoms with van der Waals surface area (Å²) in [5.74, 6) is 0.895. The highest BCUT2D eigenvalue weighted by molar-refractivity contribution is 9.10. The zero-order valence-corrected chi connectivity index (χ0v) is 12.1. The zero-order valence-electron chi connectivity index (χ0n) is 8.95. The van der Waals surface area contributed by atoms with Gasteiger partial charge in [0, 0.05) is 9.50 Å². The van der Waals surface area contributed by atoms with Crippen molar-refractivity contribution < 1.29 is 4.74 Å². The number of halogens is 3. The standard InChI is InChI=1S/C13H6BrCl2NO/c14-10-2-1-3-12(9(10)7-17)18-13-5-4-8(15)6-11(13)16/h1-6H. The van der Waals surface area contributed by atoms with Crippen LogP contribution in [0.25, 0.3) is 0 Å². The first-order valence-electron chi connectivity index (χ1n) is 4.93. The molecular weight excluding hydrogens is 337 g/mol. The van der Waals surface area contributed by atoms with Crippen LogP contribution in [0.5, 0.6) is 11.5 Å². The fourth-order valence-corrected chi connectivity index (χ4v) is 2.26. The van der Waals surface area contributed by atoms with Gasteiger partial charge in [0.2, 0.25) is 0 Å². The van der Waals surface area contributed by atoms with E-state index in [-0.39, 0.29) is 0 Å². The second kappa shape index (κ2) is 5.62. The van der Waals surface area contributed by atoms with Crippen LogP contribution in [-0.4, -0.2) is 0 Å². The second-order valence-corrected chi connectivity index (χ2v) is 5.10. The lowest BCUT2D eigenvalue weighted by Gasteiger charge is -2.09. The fraction of sp³-hybridized carbons (Fsp3) is 0. The van der Waals surface area contributed by atoms with Gasteiger partial charge >= 0.3 is 0 Å². The van der Waals surface area contributed by atoms with Crippen molar-refractivity contribution in [3.63, 3.8) is 0 Å². The van der Waals surface area contributed by atoms with E-state index < -0.39 is 0 Å². The first kappa shape index (κ1) is 13.2. The van der Waals surface area contributed by atoms with E-state index in [9.17, 15) is 0 Å². The molecule has 0 atom stereocenters. The van der Waals surface area contributed by atoms with Crippen molar-refractivity contribution in [1.82, 2.24) is 0 Å². The summed E-state index contributed by atoms with van der Waals surface area (Å²) in [5.41, 5.74) is 0.420. The first-order valence-corrected chi connectivity index (χ1v) is 6.48. The summed E-state index contributed by atoms with van der Waals surface area (Å²) in [5, 5.41) is 10.0. The Labute approximate surface area is 123 Å². The minimum Gasteiger partial charge on any atom is -0.454 e. The van der Waals surface area contributed by atoms with Gasteiger partial charge in [-0.1, -0.05) is 29.3 Å². The van der Waals surface area contributed by atoms with Gasteiger partial charge in [0.25, 0.3) is 0 Å². The van der Waals surface area contributed by atoms with Gasteiger partial charge in [0.1, 0.15) is 23.1 Å². The Balaban J connectivity index is 2.41. The Kier molecular flexibility index (Phi) is 4.13. The molecule has 0 aromatic heterocycles. The Bertz CT molecular complexity index is 637. The number of nitriles is 1. The molecule has 2 aromatic rings. The van der Waals surface area contributed by atoms with Crippen molar-refractivity contribution in [3.05, 3.63) is 56.5 Å². The molecule has 0 amide bonds. The van der Waals surface area contributed by atoms with Gasteiger partial charge in [-0.3, -0.25) is 0 Å². The molecule has 2 nitrogen and oxygen atoms in total. The van der Waals surface area contributed by atoms with E-state index in [2.05, 4.69) is 22.0 Å².